The minimum absolute atomic E-state index is 0.240. The van der Waals surface area contributed by atoms with Gasteiger partial charge in [0, 0.05) is 18.4 Å². The van der Waals surface area contributed by atoms with Gasteiger partial charge in [0.15, 0.2) is 0 Å². The van der Waals surface area contributed by atoms with Crippen LogP contribution in [0.2, 0.25) is 0 Å². The number of hydrogen-bond acceptors (Lipinski definition) is 2. The van der Waals surface area contributed by atoms with Crippen LogP contribution in [0.15, 0.2) is 18.5 Å². The molecule has 2 nitrogen and oxygen atoms in total. The molecule has 0 saturated carbocycles. The highest BCUT2D eigenvalue weighted by molar-refractivity contribution is 5.30. The monoisotopic (exact) mass is 134 g/mol. The van der Waals surface area contributed by atoms with Gasteiger partial charge in [-0.3, -0.25) is 4.98 Å². The summed E-state index contributed by atoms with van der Waals surface area (Å²) in [5.41, 5.74) is 8.42. The third-order valence-electron chi connectivity index (χ3n) is 2.07. The second kappa shape index (κ2) is 2.06. The predicted octanol–water partition coefficient (Wildman–Crippen LogP) is 1.03. The van der Waals surface area contributed by atoms with Crippen LogP contribution >= 0.6 is 0 Å². The first-order valence-corrected chi connectivity index (χ1v) is 3.56. The number of aromatic nitrogens is 1. The van der Waals surface area contributed by atoms with E-state index in [4.69, 9.17) is 5.73 Å². The Hall–Kier alpha value is -0.890. The Morgan fingerprint density at radius 1 is 1.60 bits per heavy atom. The second-order valence-corrected chi connectivity index (χ2v) is 2.72. The van der Waals surface area contributed by atoms with Crippen molar-refractivity contribution in [3.63, 3.8) is 0 Å². The summed E-state index contributed by atoms with van der Waals surface area (Å²) < 4.78 is 0. The van der Waals surface area contributed by atoms with Crippen LogP contribution in [0.5, 0.6) is 0 Å². The van der Waals surface area contributed by atoms with E-state index in [9.17, 15) is 0 Å². The molecular formula is C8H10N2. The van der Waals surface area contributed by atoms with E-state index in [1.165, 1.54) is 11.1 Å². The van der Waals surface area contributed by atoms with Crippen LogP contribution in [0.1, 0.15) is 23.6 Å². The summed E-state index contributed by atoms with van der Waals surface area (Å²) in [4.78, 5) is 4.03. The van der Waals surface area contributed by atoms with Crippen LogP contribution in [0.4, 0.5) is 0 Å². The molecule has 0 aliphatic heterocycles. The fourth-order valence-electron chi connectivity index (χ4n) is 1.46. The maximum Gasteiger partial charge on any atom is 0.0318 e. The molecule has 2 heteroatoms. The zero-order valence-electron chi connectivity index (χ0n) is 5.75. The molecule has 0 saturated heterocycles. The zero-order valence-corrected chi connectivity index (χ0v) is 5.75. The Morgan fingerprint density at radius 2 is 2.50 bits per heavy atom. The maximum absolute atomic E-state index is 5.81. The van der Waals surface area contributed by atoms with Crippen LogP contribution in [-0.4, -0.2) is 4.98 Å². The van der Waals surface area contributed by atoms with Crippen molar-refractivity contribution < 1.29 is 0 Å². The summed E-state index contributed by atoms with van der Waals surface area (Å²) in [6.07, 6.45) is 5.92. The molecule has 2 N–H and O–H groups in total. The van der Waals surface area contributed by atoms with Gasteiger partial charge in [-0.2, -0.15) is 0 Å². The number of nitrogens with zero attached hydrogens (tertiary/aromatic N) is 1. The first-order chi connectivity index (χ1) is 4.88. The molecule has 0 unspecified atom stereocenters. The number of hydrogen-bond donors (Lipinski definition) is 1. The van der Waals surface area contributed by atoms with Gasteiger partial charge in [-0.25, -0.2) is 0 Å². The van der Waals surface area contributed by atoms with Crippen molar-refractivity contribution in [1.82, 2.24) is 4.98 Å². The van der Waals surface area contributed by atoms with Crippen LogP contribution in [-0.2, 0) is 6.42 Å². The van der Waals surface area contributed by atoms with Gasteiger partial charge < -0.3 is 5.73 Å². The molecule has 0 spiro atoms. The summed E-state index contributed by atoms with van der Waals surface area (Å²) in [6, 6.07) is 2.30. The molecule has 1 aromatic rings. The molecule has 10 heavy (non-hydrogen) atoms. The van der Waals surface area contributed by atoms with Gasteiger partial charge in [-0.1, -0.05) is 0 Å². The van der Waals surface area contributed by atoms with E-state index in [-0.39, 0.29) is 6.04 Å². The molecule has 1 atom stereocenters. The lowest BCUT2D eigenvalue weighted by molar-refractivity contribution is 0.712. The third-order valence-corrected chi connectivity index (χ3v) is 2.07. The van der Waals surface area contributed by atoms with Gasteiger partial charge in [-0.05, 0) is 30.0 Å². The van der Waals surface area contributed by atoms with Gasteiger partial charge in [0.2, 0.25) is 0 Å². The SMILES string of the molecule is N[C@H]1CCc2ccncc21. The minimum atomic E-state index is 0.240. The van der Waals surface area contributed by atoms with Crippen molar-refractivity contribution in [1.29, 1.82) is 0 Å². The van der Waals surface area contributed by atoms with Crippen molar-refractivity contribution in [2.24, 2.45) is 5.73 Å². The molecule has 2 rings (SSSR count). The molecule has 0 aromatic carbocycles. The lowest BCUT2D eigenvalue weighted by atomic mass is 10.1. The van der Waals surface area contributed by atoms with Crippen molar-refractivity contribution in [2.45, 2.75) is 18.9 Å². The molecule has 1 aliphatic carbocycles. The van der Waals surface area contributed by atoms with Crippen molar-refractivity contribution in [3.8, 4) is 0 Å². The van der Waals surface area contributed by atoms with Crippen LogP contribution < -0.4 is 5.73 Å². The Balaban J connectivity index is 2.51. The molecule has 0 amide bonds. The fourth-order valence-corrected chi connectivity index (χ4v) is 1.46. The minimum Gasteiger partial charge on any atom is -0.324 e. The number of aryl methyl sites for hydroxylation is 1. The average Bonchev–Trinajstić information content (AvgIpc) is 2.34. The molecule has 1 aromatic heterocycles. The Morgan fingerprint density at radius 3 is 3.30 bits per heavy atom. The maximum atomic E-state index is 5.81. The van der Waals surface area contributed by atoms with E-state index in [1.54, 1.807) is 0 Å². The summed E-state index contributed by atoms with van der Waals surface area (Å²) in [5.74, 6) is 0. The molecule has 1 aliphatic rings. The Labute approximate surface area is 60.1 Å². The summed E-state index contributed by atoms with van der Waals surface area (Å²) >= 11 is 0. The second-order valence-electron chi connectivity index (χ2n) is 2.72. The van der Waals surface area contributed by atoms with Gasteiger partial charge in [-0.15, -0.1) is 0 Å². The highest BCUT2D eigenvalue weighted by atomic mass is 14.7. The van der Waals surface area contributed by atoms with Gasteiger partial charge in [0.1, 0.15) is 0 Å². The smallest absolute Gasteiger partial charge is 0.0318 e. The van der Waals surface area contributed by atoms with Crippen molar-refractivity contribution in [2.75, 3.05) is 0 Å². The normalized spacial score (nSPS) is 22.7. The third kappa shape index (κ3) is 0.727. The molecule has 52 valence electrons. The van der Waals surface area contributed by atoms with E-state index in [0.29, 0.717) is 0 Å². The van der Waals surface area contributed by atoms with Crippen LogP contribution in [0, 0.1) is 0 Å². The molecule has 0 bridgehead atoms. The molecule has 1 heterocycles. The lowest BCUT2D eigenvalue weighted by Crippen LogP contribution is -2.04. The predicted molar refractivity (Wildman–Crippen MR) is 39.5 cm³/mol. The quantitative estimate of drug-likeness (QED) is 0.575. The van der Waals surface area contributed by atoms with Crippen molar-refractivity contribution >= 4 is 0 Å². The highest BCUT2D eigenvalue weighted by Crippen LogP contribution is 2.27. The average molecular weight is 134 g/mol. The molecule has 0 radical (unpaired) electrons. The van der Waals surface area contributed by atoms with Crippen molar-refractivity contribution in [3.05, 3.63) is 29.6 Å². The van der Waals surface area contributed by atoms with Gasteiger partial charge >= 0.3 is 0 Å². The summed E-state index contributed by atoms with van der Waals surface area (Å²) in [6.45, 7) is 0. The summed E-state index contributed by atoms with van der Waals surface area (Å²) in [5, 5.41) is 0. The molecule has 0 fully saturated rings. The largest absolute Gasteiger partial charge is 0.324 e. The van der Waals surface area contributed by atoms with Gasteiger partial charge in [0.05, 0.1) is 0 Å². The number of fused-ring (bicyclic) bond motifs is 1. The Bertz CT molecular complexity index is 245. The molecular weight excluding hydrogens is 124 g/mol. The standard InChI is InChI=1S/C8H10N2/c9-8-2-1-6-3-4-10-5-7(6)8/h3-5,8H,1-2,9H2/t8-/m0/s1. The van der Waals surface area contributed by atoms with Crippen LogP contribution in [0.3, 0.4) is 0 Å². The number of pyridine rings is 1. The van der Waals surface area contributed by atoms with Gasteiger partial charge in [0.25, 0.3) is 0 Å². The van der Waals surface area contributed by atoms with E-state index in [0.717, 1.165) is 12.8 Å². The highest BCUT2D eigenvalue weighted by Gasteiger charge is 2.17. The van der Waals surface area contributed by atoms with E-state index in [2.05, 4.69) is 11.1 Å². The Kier molecular flexibility index (Phi) is 1.21. The summed E-state index contributed by atoms with van der Waals surface area (Å²) in [7, 11) is 0. The lowest BCUT2D eigenvalue weighted by Gasteiger charge is -2.00. The first kappa shape index (κ1) is 5.86. The van der Waals surface area contributed by atoms with Crippen LogP contribution in [0.25, 0.3) is 0 Å². The van der Waals surface area contributed by atoms with E-state index in [1.807, 2.05) is 12.4 Å². The number of nitrogens with two attached hydrogens (primary N) is 1. The van der Waals surface area contributed by atoms with E-state index >= 15 is 0 Å². The zero-order chi connectivity index (χ0) is 6.97. The topological polar surface area (TPSA) is 38.9 Å². The fraction of sp³-hybridized carbons (Fsp3) is 0.375. The van der Waals surface area contributed by atoms with E-state index < -0.39 is 0 Å². The first-order valence-electron chi connectivity index (χ1n) is 3.56. The number of rotatable bonds is 0.